The van der Waals surface area contributed by atoms with Gasteiger partial charge in [-0.1, -0.05) is 0 Å². The number of nitrogens with zero attached hydrogens (tertiary/aromatic N) is 1. The van der Waals surface area contributed by atoms with Crippen LogP contribution in [0, 0.1) is 5.82 Å². The Bertz CT molecular complexity index is 818. The third-order valence-corrected chi connectivity index (χ3v) is 5.39. The summed E-state index contributed by atoms with van der Waals surface area (Å²) in [6.07, 6.45) is -5.54. The zero-order chi connectivity index (χ0) is 24.0. The molecule has 5 nitrogen and oxygen atoms in total. The first-order valence-corrected chi connectivity index (χ1v) is 10.1. The van der Waals surface area contributed by atoms with Crippen LogP contribution in [0.5, 0.6) is 0 Å². The van der Waals surface area contributed by atoms with Crippen LogP contribution in [0.2, 0.25) is 0 Å². The van der Waals surface area contributed by atoms with Crippen LogP contribution in [-0.2, 0) is 26.8 Å². The van der Waals surface area contributed by atoms with E-state index in [9.17, 15) is 18.0 Å². The Morgan fingerprint density at radius 1 is 1.10 bits per heavy atom. The van der Waals surface area contributed by atoms with E-state index in [0.29, 0.717) is 0 Å². The highest BCUT2D eigenvalue weighted by molar-refractivity contribution is 6.62. The standard InChI is InChI=1S/C21H30BF4NO4/c1-9-27(17(28)29-18(2,3)4)12-13-10-14(21(24,25)26)16(15(23)11-13)22-30-19(5,6)20(7,8)31-22/h10-11H,9,12H2,1-8H3. The predicted octanol–water partition coefficient (Wildman–Crippen LogP) is 4.90. The average molecular weight is 447 g/mol. The van der Waals surface area contributed by atoms with Crippen molar-refractivity contribution in [2.45, 2.75) is 84.9 Å². The molecule has 1 fully saturated rings. The monoisotopic (exact) mass is 447 g/mol. The van der Waals surface area contributed by atoms with Crippen LogP contribution in [0.25, 0.3) is 0 Å². The number of carbonyl (C=O) groups excluding carboxylic acids is 1. The van der Waals surface area contributed by atoms with E-state index in [1.165, 1.54) is 4.90 Å². The Balaban J connectivity index is 2.44. The highest BCUT2D eigenvalue weighted by Crippen LogP contribution is 2.38. The number of hydrogen-bond donors (Lipinski definition) is 0. The summed E-state index contributed by atoms with van der Waals surface area (Å²) in [6.45, 7) is 13.3. The third kappa shape index (κ3) is 5.71. The van der Waals surface area contributed by atoms with E-state index in [4.69, 9.17) is 14.0 Å². The molecule has 1 aromatic carbocycles. The van der Waals surface area contributed by atoms with Gasteiger partial charge in [-0.25, -0.2) is 9.18 Å². The Hall–Kier alpha value is -1.81. The van der Waals surface area contributed by atoms with Gasteiger partial charge < -0.3 is 18.9 Å². The van der Waals surface area contributed by atoms with Crippen molar-refractivity contribution in [2.24, 2.45) is 0 Å². The normalized spacial score (nSPS) is 18.3. The van der Waals surface area contributed by atoms with Gasteiger partial charge >= 0.3 is 19.4 Å². The van der Waals surface area contributed by atoms with E-state index in [1.54, 1.807) is 55.4 Å². The van der Waals surface area contributed by atoms with Crippen LogP contribution < -0.4 is 5.46 Å². The van der Waals surface area contributed by atoms with Gasteiger partial charge in [-0.2, -0.15) is 13.2 Å². The summed E-state index contributed by atoms with van der Waals surface area (Å²) < 4.78 is 73.2. The van der Waals surface area contributed by atoms with E-state index >= 15 is 4.39 Å². The fraction of sp³-hybridized carbons (Fsp3) is 0.667. The zero-order valence-electron chi connectivity index (χ0n) is 19.2. The van der Waals surface area contributed by atoms with Crippen molar-refractivity contribution in [3.05, 3.63) is 29.1 Å². The minimum atomic E-state index is -4.85. The third-order valence-electron chi connectivity index (χ3n) is 5.39. The molecule has 1 aliphatic rings. The molecule has 0 aromatic heterocycles. The summed E-state index contributed by atoms with van der Waals surface area (Å²) in [7, 11) is -1.51. The molecule has 0 spiro atoms. The second-order valence-electron chi connectivity index (χ2n) is 9.62. The smallest absolute Gasteiger partial charge is 0.444 e. The van der Waals surface area contributed by atoms with E-state index in [2.05, 4.69) is 0 Å². The van der Waals surface area contributed by atoms with Crippen molar-refractivity contribution in [1.82, 2.24) is 4.90 Å². The SMILES string of the molecule is CCN(Cc1cc(F)c(B2OC(C)(C)C(C)(C)O2)c(C(F)(F)F)c1)C(=O)OC(C)(C)C. The molecule has 0 saturated carbocycles. The number of rotatable bonds is 4. The first kappa shape index (κ1) is 25.5. The van der Waals surface area contributed by atoms with Gasteiger partial charge in [-0.05, 0) is 73.1 Å². The molecular formula is C21H30BF4NO4. The number of hydrogen-bond acceptors (Lipinski definition) is 4. The molecule has 0 bridgehead atoms. The van der Waals surface area contributed by atoms with Gasteiger partial charge in [0.2, 0.25) is 0 Å². The van der Waals surface area contributed by atoms with E-state index in [0.717, 1.165) is 12.1 Å². The van der Waals surface area contributed by atoms with Gasteiger partial charge in [0.05, 0.1) is 16.8 Å². The molecule has 0 aliphatic carbocycles. The molecule has 10 heteroatoms. The van der Waals surface area contributed by atoms with Crippen LogP contribution in [0.1, 0.15) is 66.5 Å². The van der Waals surface area contributed by atoms with E-state index in [1.807, 2.05) is 0 Å². The summed E-state index contributed by atoms with van der Waals surface area (Å²) in [4.78, 5) is 13.5. The second-order valence-corrected chi connectivity index (χ2v) is 9.62. The molecule has 174 valence electrons. The first-order valence-electron chi connectivity index (χ1n) is 10.1. The molecule has 1 amide bonds. The summed E-state index contributed by atoms with van der Waals surface area (Å²) in [5, 5.41) is 0. The van der Waals surface area contributed by atoms with Crippen molar-refractivity contribution in [2.75, 3.05) is 6.54 Å². The molecule has 1 saturated heterocycles. The summed E-state index contributed by atoms with van der Waals surface area (Å²) in [6, 6.07) is 1.80. The van der Waals surface area contributed by atoms with Gasteiger partial charge in [-0.15, -0.1) is 0 Å². The molecule has 0 radical (unpaired) electrons. The molecule has 0 unspecified atom stereocenters. The maximum absolute atomic E-state index is 15.0. The summed E-state index contributed by atoms with van der Waals surface area (Å²) in [5.41, 5.74) is -4.54. The van der Waals surface area contributed by atoms with Crippen LogP contribution >= 0.6 is 0 Å². The number of benzene rings is 1. The summed E-state index contributed by atoms with van der Waals surface area (Å²) in [5.74, 6) is -1.11. The van der Waals surface area contributed by atoms with Crippen molar-refractivity contribution in [3.8, 4) is 0 Å². The lowest BCUT2D eigenvalue weighted by atomic mass is 9.74. The number of ether oxygens (including phenoxy) is 1. The lowest BCUT2D eigenvalue weighted by molar-refractivity contribution is -0.137. The average Bonchev–Trinajstić information content (AvgIpc) is 2.76. The molecular weight excluding hydrogens is 417 g/mol. The van der Waals surface area contributed by atoms with Crippen molar-refractivity contribution < 1.29 is 36.4 Å². The number of carbonyl (C=O) groups is 1. The second kappa shape index (κ2) is 8.28. The van der Waals surface area contributed by atoms with Crippen molar-refractivity contribution in [1.29, 1.82) is 0 Å². The fourth-order valence-corrected chi connectivity index (χ4v) is 3.05. The number of amides is 1. The van der Waals surface area contributed by atoms with Gasteiger partial charge in [-0.3, -0.25) is 0 Å². The molecule has 31 heavy (non-hydrogen) atoms. The number of halogens is 4. The Morgan fingerprint density at radius 3 is 2.03 bits per heavy atom. The lowest BCUT2D eigenvalue weighted by Gasteiger charge is -2.32. The van der Waals surface area contributed by atoms with Crippen molar-refractivity contribution in [3.63, 3.8) is 0 Å². The fourth-order valence-electron chi connectivity index (χ4n) is 3.05. The van der Waals surface area contributed by atoms with Gasteiger partial charge in [0, 0.05) is 18.6 Å². The molecule has 2 rings (SSSR count). The maximum atomic E-state index is 15.0. The van der Waals surface area contributed by atoms with Gasteiger partial charge in [0.1, 0.15) is 11.4 Å². The van der Waals surface area contributed by atoms with Crippen molar-refractivity contribution >= 4 is 18.7 Å². The largest absolute Gasteiger partial charge is 0.498 e. The highest BCUT2D eigenvalue weighted by atomic mass is 19.4. The minimum Gasteiger partial charge on any atom is -0.444 e. The van der Waals surface area contributed by atoms with Crippen LogP contribution in [0.15, 0.2) is 12.1 Å². The van der Waals surface area contributed by atoms with Crippen LogP contribution in [0.3, 0.4) is 0 Å². The maximum Gasteiger partial charge on any atom is 0.498 e. The van der Waals surface area contributed by atoms with Gasteiger partial charge in [0.15, 0.2) is 0 Å². The molecule has 1 heterocycles. The topological polar surface area (TPSA) is 48.0 Å². The molecule has 0 N–H and O–H groups in total. The van der Waals surface area contributed by atoms with Crippen LogP contribution in [-0.4, -0.2) is 41.5 Å². The van der Waals surface area contributed by atoms with E-state index in [-0.39, 0.29) is 18.7 Å². The molecule has 0 atom stereocenters. The zero-order valence-corrected chi connectivity index (χ0v) is 19.2. The van der Waals surface area contributed by atoms with Gasteiger partial charge in [0.25, 0.3) is 0 Å². The van der Waals surface area contributed by atoms with E-state index < -0.39 is 53.0 Å². The number of alkyl halides is 3. The quantitative estimate of drug-likeness (QED) is 0.487. The highest BCUT2D eigenvalue weighted by Gasteiger charge is 2.54. The lowest BCUT2D eigenvalue weighted by Crippen LogP contribution is -2.42. The van der Waals surface area contributed by atoms with Crippen LogP contribution in [0.4, 0.5) is 22.4 Å². The Morgan fingerprint density at radius 2 is 1.61 bits per heavy atom. The Labute approximate surface area is 181 Å². The molecule has 1 aromatic rings. The Kier molecular flexibility index (Phi) is 6.80. The first-order chi connectivity index (χ1) is 13.9. The minimum absolute atomic E-state index is 0.0159. The molecule has 1 aliphatic heterocycles. The summed E-state index contributed by atoms with van der Waals surface area (Å²) >= 11 is 0. The predicted molar refractivity (Wildman–Crippen MR) is 109 cm³/mol.